The number of hydrogen-bond acceptors (Lipinski definition) is 4. The summed E-state index contributed by atoms with van der Waals surface area (Å²) >= 11 is 1.23. The van der Waals surface area contributed by atoms with Crippen LogP contribution in [-0.2, 0) is 13.1 Å². The Labute approximate surface area is 137 Å². The SMILES string of the molecule is CCn1cc(C(=O)O)c(=O)c2ccc(C)[n+](CCSC(=N)N)c21. The number of aromatic nitrogens is 2. The van der Waals surface area contributed by atoms with Crippen molar-refractivity contribution in [3.05, 3.63) is 39.8 Å². The fraction of sp³-hybridized carbons (Fsp3) is 0.333. The summed E-state index contributed by atoms with van der Waals surface area (Å²) in [5.74, 6) is -0.628. The van der Waals surface area contributed by atoms with E-state index in [1.165, 1.54) is 18.0 Å². The van der Waals surface area contributed by atoms with Gasteiger partial charge in [-0.1, -0.05) is 11.8 Å². The highest BCUT2D eigenvalue weighted by Gasteiger charge is 2.22. The third kappa shape index (κ3) is 3.37. The highest BCUT2D eigenvalue weighted by molar-refractivity contribution is 8.13. The van der Waals surface area contributed by atoms with Crippen molar-refractivity contribution >= 4 is 33.9 Å². The van der Waals surface area contributed by atoms with Gasteiger partial charge in [-0.2, -0.15) is 0 Å². The number of nitrogens with one attached hydrogen (secondary N) is 1. The first kappa shape index (κ1) is 17.0. The van der Waals surface area contributed by atoms with E-state index in [4.69, 9.17) is 11.1 Å². The van der Waals surface area contributed by atoms with E-state index in [1.54, 1.807) is 16.7 Å². The number of thioether (sulfide) groups is 1. The lowest BCUT2D eigenvalue weighted by molar-refractivity contribution is -0.675. The molecule has 0 aliphatic heterocycles. The van der Waals surface area contributed by atoms with Gasteiger partial charge in [0.05, 0.1) is 6.54 Å². The second kappa shape index (κ2) is 6.82. The zero-order valence-corrected chi connectivity index (χ0v) is 13.8. The van der Waals surface area contributed by atoms with Crippen LogP contribution in [0.25, 0.3) is 11.0 Å². The standard InChI is InChI=1S/C15H18N4O3S/c1-3-18-8-11(14(21)22)12(20)10-5-4-9(2)19(13(10)18)6-7-23-15(16)17/h4-5,8H,3,6-7H2,1-2H3,(H3-,16,17,21,22)/p+1. The first-order chi connectivity index (χ1) is 10.9. The summed E-state index contributed by atoms with van der Waals surface area (Å²) in [6.07, 6.45) is 1.39. The summed E-state index contributed by atoms with van der Waals surface area (Å²) in [6, 6.07) is 3.47. The second-order valence-corrected chi connectivity index (χ2v) is 6.18. The number of nitrogens with zero attached hydrogens (tertiary/aromatic N) is 2. The molecule has 0 aliphatic carbocycles. The Morgan fingerprint density at radius 3 is 2.74 bits per heavy atom. The maximum absolute atomic E-state index is 12.4. The van der Waals surface area contributed by atoms with Crippen molar-refractivity contribution in [2.75, 3.05) is 5.75 Å². The van der Waals surface area contributed by atoms with Gasteiger partial charge >= 0.3 is 5.97 Å². The van der Waals surface area contributed by atoms with Crippen molar-refractivity contribution in [3.63, 3.8) is 0 Å². The molecule has 2 aromatic rings. The van der Waals surface area contributed by atoms with Gasteiger partial charge in [-0.3, -0.25) is 10.2 Å². The highest BCUT2D eigenvalue weighted by atomic mass is 32.2. The van der Waals surface area contributed by atoms with E-state index < -0.39 is 11.4 Å². The first-order valence-corrected chi connectivity index (χ1v) is 8.12. The van der Waals surface area contributed by atoms with Gasteiger partial charge in [0, 0.05) is 5.75 Å². The number of carbonyl (C=O) groups is 1. The summed E-state index contributed by atoms with van der Waals surface area (Å²) < 4.78 is 3.73. The van der Waals surface area contributed by atoms with Gasteiger partial charge in [-0.05, 0) is 26.0 Å². The number of amidine groups is 1. The van der Waals surface area contributed by atoms with E-state index >= 15 is 0 Å². The highest BCUT2D eigenvalue weighted by Crippen LogP contribution is 2.11. The normalized spacial score (nSPS) is 10.9. The van der Waals surface area contributed by atoms with Gasteiger partial charge in [-0.15, -0.1) is 0 Å². The van der Waals surface area contributed by atoms with Crippen LogP contribution in [0.5, 0.6) is 0 Å². The Bertz CT molecular complexity index is 845. The molecule has 0 saturated heterocycles. The molecule has 0 amide bonds. The molecule has 2 rings (SSSR count). The van der Waals surface area contributed by atoms with Gasteiger partial charge in [0.15, 0.2) is 5.17 Å². The van der Waals surface area contributed by atoms with Crippen LogP contribution in [0.2, 0.25) is 0 Å². The summed E-state index contributed by atoms with van der Waals surface area (Å²) in [7, 11) is 0. The van der Waals surface area contributed by atoms with Crippen molar-refractivity contribution in [1.29, 1.82) is 5.41 Å². The summed E-state index contributed by atoms with van der Waals surface area (Å²) in [5.41, 5.74) is 6.28. The van der Waals surface area contributed by atoms with Crippen molar-refractivity contribution < 1.29 is 14.5 Å². The molecule has 0 spiro atoms. The molecule has 4 N–H and O–H groups in total. The third-order valence-electron chi connectivity index (χ3n) is 3.60. The maximum Gasteiger partial charge on any atom is 0.343 e. The van der Waals surface area contributed by atoms with E-state index in [2.05, 4.69) is 0 Å². The molecule has 2 heterocycles. The van der Waals surface area contributed by atoms with Crippen LogP contribution in [0.4, 0.5) is 0 Å². The van der Waals surface area contributed by atoms with Crippen molar-refractivity contribution in [2.45, 2.75) is 26.9 Å². The van der Waals surface area contributed by atoms with Gasteiger partial charge in [0.1, 0.15) is 29.4 Å². The Morgan fingerprint density at radius 2 is 2.17 bits per heavy atom. The minimum Gasteiger partial charge on any atom is -0.477 e. The fourth-order valence-electron chi connectivity index (χ4n) is 2.51. The number of hydrogen-bond donors (Lipinski definition) is 3. The maximum atomic E-state index is 12.4. The average Bonchev–Trinajstić information content (AvgIpc) is 2.49. The summed E-state index contributed by atoms with van der Waals surface area (Å²) in [5, 5.41) is 16.9. The number of aromatic carboxylic acids is 1. The number of rotatable bonds is 5. The van der Waals surface area contributed by atoms with Crippen LogP contribution in [0.3, 0.4) is 0 Å². The van der Waals surface area contributed by atoms with Crippen LogP contribution in [-0.4, -0.2) is 26.6 Å². The lowest BCUT2D eigenvalue weighted by atomic mass is 10.1. The van der Waals surface area contributed by atoms with Gasteiger partial charge in [0.2, 0.25) is 5.43 Å². The first-order valence-electron chi connectivity index (χ1n) is 7.13. The molecule has 8 heteroatoms. The lowest BCUT2D eigenvalue weighted by Crippen LogP contribution is -2.42. The van der Waals surface area contributed by atoms with Gasteiger partial charge in [0.25, 0.3) is 5.65 Å². The van der Waals surface area contributed by atoms with Crippen molar-refractivity contribution in [1.82, 2.24) is 4.57 Å². The minimum atomic E-state index is -1.22. The molecule has 0 radical (unpaired) electrons. The monoisotopic (exact) mass is 335 g/mol. The molecular weight excluding hydrogens is 316 g/mol. The predicted octanol–water partition coefficient (Wildman–Crippen LogP) is 0.942. The van der Waals surface area contributed by atoms with Crippen molar-refractivity contribution in [3.8, 4) is 0 Å². The van der Waals surface area contributed by atoms with Gasteiger partial charge in [-0.25, -0.2) is 13.9 Å². The molecule has 7 nitrogen and oxygen atoms in total. The number of pyridine rings is 2. The van der Waals surface area contributed by atoms with E-state index in [0.717, 1.165) is 5.69 Å². The van der Waals surface area contributed by atoms with Crippen LogP contribution < -0.4 is 15.7 Å². The smallest absolute Gasteiger partial charge is 0.343 e. The molecule has 0 unspecified atom stereocenters. The molecule has 23 heavy (non-hydrogen) atoms. The minimum absolute atomic E-state index is 0.0459. The number of carboxylic acid groups (broad SMARTS) is 1. The molecule has 0 bridgehead atoms. The number of nitrogens with two attached hydrogens (primary N) is 1. The zero-order chi connectivity index (χ0) is 17.1. The second-order valence-electron chi connectivity index (χ2n) is 5.04. The molecule has 0 aromatic carbocycles. The van der Waals surface area contributed by atoms with Crippen LogP contribution in [0.15, 0.2) is 23.1 Å². The molecule has 0 aliphatic rings. The van der Waals surface area contributed by atoms with Crippen LogP contribution in [0.1, 0.15) is 23.0 Å². The van der Waals surface area contributed by atoms with Gasteiger partial charge < -0.3 is 10.8 Å². The third-order valence-corrected chi connectivity index (χ3v) is 4.30. The molecule has 0 saturated carbocycles. The number of fused-ring (bicyclic) bond motifs is 1. The summed E-state index contributed by atoms with van der Waals surface area (Å²) in [4.78, 5) is 23.7. The van der Waals surface area contributed by atoms with E-state index in [1.807, 2.05) is 18.4 Å². The number of aryl methyl sites for hydroxylation is 3. The van der Waals surface area contributed by atoms with E-state index in [9.17, 15) is 14.7 Å². The Hall–Kier alpha value is -2.35. The lowest BCUT2D eigenvalue weighted by Gasteiger charge is -2.11. The fourth-order valence-corrected chi connectivity index (χ4v) is 3.00. The van der Waals surface area contributed by atoms with Crippen molar-refractivity contribution in [2.24, 2.45) is 5.73 Å². The zero-order valence-electron chi connectivity index (χ0n) is 13.0. The van der Waals surface area contributed by atoms with Crippen LogP contribution >= 0.6 is 11.8 Å². The van der Waals surface area contributed by atoms with Crippen LogP contribution in [0, 0.1) is 12.3 Å². The molecule has 2 aromatic heterocycles. The molecule has 122 valence electrons. The Morgan fingerprint density at radius 1 is 1.48 bits per heavy atom. The summed E-state index contributed by atoms with van der Waals surface area (Å²) in [6.45, 7) is 4.93. The van der Waals surface area contributed by atoms with E-state index in [0.29, 0.717) is 29.9 Å². The quantitative estimate of drug-likeness (QED) is 0.427. The Kier molecular flexibility index (Phi) is 5.05. The largest absolute Gasteiger partial charge is 0.477 e. The molecule has 0 fully saturated rings. The molecule has 0 atom stereocenters. The predicted molar refractivity (Wildman–Crippen MR) is 90.1 cm³/mol. The molecular formula is C15H19N4O3S+. The Balaban J connectivity index is 2.69. The average molecular weight is 335 g/mol. The van der Waals surface area contributed by atoms with E-state index in [-0.39, 0.29) is 10.7 Å². The topological polar surface area (TPSA) is 113 Å². The number of carboxylic acids is 1.